The Balaban J connectivity index is 1.63. The molecule has 0 aromatic carbocycles. The molecule has 0 spiro atoms. The number of thiazole rings is 1. The van der Waals surface area contributed by atoms with E-state index in [4.69, 9.17) is 4.52 Å². The number of hydrogen-bond donors (Lipinski definition) is 2. The lowest BCUT2D eigenvalue weighted by atomic mass is 9.92. The van der Waals surface area contributed by atoms with E-state index in [2.05, 4.69) is 15.5 Å². The predicted octanol–water partition coefficient (Wildman–Crippen LogP) is 1.27. The van der Waals surface area contributed by atoms with Crippen LogP contribution in [0.5, 0.6) is 0 Å². The van der Waals surface area contributed by atoms with Gasteiger partial charge in [0.15, 0.2) is 0 Å². The van der Waals surface area contributed by atoms with Crippen LogP contribution in [0, 0.1) is 0 Å². The van der Waals surface area contributed by atoms with Gasteiger partial charge in [0.25, 0.3) is 0 Å². The van der Waals surface area contributed by atoms with Gasteiger partial charge in [-0.1, -0.05) is 5.16 Å². The summed E-state index contributed by atoms with van der Waals surface area (Å²) in [6.45, 7) is 0.759. The summed E-state index contributed by atoms with van der Waals surface area (Å²) in [7, 11) is 0. The third-order valence-corrected chi connectivity index (χ3v) is 4.08. The van der Waals surface area contributed by atoms with E-state index in [-0.39, 0.29) is 6.61 Å². The lowest BCUT2D eigenvalue weighted by molar-refractivity contribution is 0.265. The fourth-order valence-electron chi connectivity index (χ4n) is 2.33. The molecule has 18 heavy (non-hydrogen) atoms. The number of aliphatic hydroxyl groups excluding tert-OH is 1. The maximum Gasteiger partial charge on any atom is 0.140 e. The molecule has 0 radical (unpaired) electrons. The number of hydrogen-bond acceptors (Lipinski definition) is 6. The van der Waals surface area contributed by atoms with E-state index in [1.54, 1.807) is 11.3 Å². The number of fused-ring (bicyclic) bond motifs is 1. The predicted molar refractivity (Wildman–Crippen MR) is 67.2 cm³/mol. The zero-order chi connectivity index (χ0) is 12.4. The van der Waals surface area contributed by atoms with Gasteiger partial charge in [-0.15, -0.1) is 11.3 Å². The first kappa shape index (κ1) is 11.8. The Labute approximate surface area is 109 Å². The van der Waals surface area contributed by atoms with Gasteiger partial charge >= 0.3 is 0 Å². The second-order valence-corrected chi connectivity index (χ2v) is 5.41. The molecule has 1 aliphatic rings. The summed E-state index contributed by atoms with van der Waals surface area (Å²) >= 11 is 1.66. The number of nitrogens with zero attached hydrogens (tertiary/aromatic N) is 2. The van der Waals surface area contributed by atoms with E-state index in [0.29, 0.717) is 11.7 Å². The van der Waals surface area contributed by atoms with Crippen LogP contribution in [0.3, 0.4) is 0 Å². The summed E-state index contributed by atoms with van der Waals surface area (Å²) in [5, 5.41) is 19.7. The molecular formula is C12H15N3O2S. The summed E-state index contributed by atoms with van der Waals surface area (Å²) in [5.41, 5.74) is 1.77. The lowest BCUT2D eigenvalue weighted by Crippen LogP contribution is -2.34. The van der Waals surface area contributed by atoms with Crippen molar-refractivity contribution in [2.45, 2.75) is 38.5 Å². The minimum absolute atomic E-state index is 0.0436. The highest BCUT2D eigenvalue weighted by Crippen LogP contribution is 2.24. The topological polar surface area (TPSA) is 71.2 Å². The molecule has 1 aliphatic carbocycles. The van der Waals surface area contributed by atoms with Gasteiger partial charge in [0, 0.05) is 36.1 Å². The summed E-state index contributed by atoms with van der Waals surface area (Å²) in [6.07, 6.45) is 4.63. The van der Waals surface area contributed by atoms with Gasteiger partial charge < -0.3 is 14.9 Å². The van der Waals surface area contributed by atoms with Gasteiger partial charge in [0.1, 0.15) is 16.5 Å². The van der Waals surface area contributed by atoms with E-state index >= 15 is 0 Å². The normalized spacial score (nSPS) is 18.8. The quantitative estimate of drug-likeness (QED) is 0.871. The molecule has 0 saturated heterocycles. The first-order valence-corrected chi connectivity index (χ1v) is 6.93. The minimum Gasteiger partial charge on any atom is -0.390 e. The van der Waals surface area contributed by atoms with E-state index in [1.165, 1.54) is 0 Å². The molecule has 1 atom stereocenters. The molecule has 1 unspecified atom stereocenters. The molecule has 3 rings (SSSR count). The summed E-state index contributed by atoms with van der Waals surface area (Å²) in [5.74, 6) is 0.936. The van der Waals surface area contributed by atoms with Crippen LogP contribution in [0.15, 0.2) is 16.1 Å². The number of rotatable bonds is 4. The Morgan fingerprint density at radius 3 is 3.28 bits per heavy atom. The molecule has 2 N–H and O–H groups in total. The largest absolute Gasteiger partial charge is 0.390 e. The van der Waals surface area contributed by atoms with Crippen LogP contribution >= 0.6 is 11.3 Å². The maximum absolute atomic E-state index is 9.20. The number of aliphatic hydroxyl groups is 1. The Hall–Kier alpha value is -1.24. The Morgan fingerprint density at radius 2 is 2.50 bits per heavy atom. The van der Waals surface area contributed by atoms with Gasteiger partial charge in [-0.25, -0.2) is 4.98 Å². The smallest absolute Gasteiger partial charge is 0.140 e. The van der Waals surface area contributed by atoms with Crippen molar-refractivity contribution in [1.29, 1.82) is 0 Å². The molecule has 2 aromatic heterocycles. The molecule has 0 fully saturated rings. The van der Waals surface area contributed by atoms with Crippen molar-refractivity contribution in [1.82, 2.24) is 15.5 Å². The molecule has 6 heteroatoms. The van der Waals surface area contributed by atoms with Gasteiger partial charge in [0.05, 0.1) is 6.61 Å². The minimum atomic E-state index is -0.0436. The van der Waals surface area contributed by atoms with E-state index in [1.807, 2.05) is 11.6 Å². The standard InChI is InChI=1S/C12H15N3O2S/c16-7-10-9-5-8(1-2-11(9)17-15-10)14-6-12-13-3-4-18-12/h3-4,8,14,16H,1-2,5-7H2. The van der Waals surface area contributed by atoms with Crippen molar-refractivity contribution in [2.75, 3.05) is 0 Å². The SMILES string of the molecule is OCc1noc2c1CC(NCc1nccs1)CC2. The second-order valence-electron chi connectivity index (χ2n) is 4.44. The van der Waals surface area contributed by atoms with Gasteiger partial charge in [-0.05, 0) is 12.8 Å². The van der Waals surface area contributed by atoms with Crippen molar-refractivity contribution >= 4 is 11.3 Å². The highest BCUT2D eigenvalue weighted by atomic mass is 32.1. The molecular weight excluding hydrogens is 250 g/mol. The van der Waals surface area contributed by atoms with Gasteiger partial charge in [0.2, 0.25) is 0 Å². The van der Waals surface area contributed by atoms with Gasteiger partial charge in [-0.2, -0.15) is 0 Å². The summed E-state index contributed by atoms with van der Waals surface area (Å²) in [6, 6.07) is 0.408. The number of nitrogens with one attached hydrogen (secondary N) is 1. The monoisotopic (exact) mass is 265 g/mol. The molecule has 2 aromatic rings. The molecule has 0 saturated carbocycles. The van der Waals surface area contributed by atoms with Crippen molar-refractivity contribution < 1.29 is 9.63 Å². The van der Waals surface area contributed by atoms with Crippen LogP contribution < -0.4 is 5.32 Å². The van der Waals surface area contributed by atoms with Crippen molar-refractivity contribution in [3.8, 4) is 0 Å². The van der Waals surface area contributed by atoms with Crippen LogP contribution in [0.2, 0.25) is 0 Å². The van der Waals surface area contributed by atoms with Crippen LogP contribution in [0.25, 0.3) is 0 Å². The van der Waals surface area contributed by atoms with E-state index in [0.717, 1.165) is 42.1 Å². The summed E-state index contributed by atoms with van der Waals surface area (Å²) in [4.78, 5) is 4.25. The first-order chi connectivity index (χ1) is 8.86. The van der Waals surface area contributed by atoms with Crippen LogP contribution in [-0.4, -0.2) is 21.3 Å². The van der Waals surface area contributed by atoms with Crippen LogP contribution in [0.4, 0.5) is 0 Å². The first-order valence-electron chi connectivity index (χ1n) is 6.05. The average molecular weight is 265 g/mol. The third-order valence-electron chi connectivity index (χ3n) is 3.30. The molecule has 2 heterocycles. The molecule has 5 nitrogen and oxygen atoms in total. The van der Waals surface area contributed by atoms with Crippen molar-refractivity contribution in [3.63, 3.8) is 0 Å². The molecule has 0 aliphatic heterocycles. The maximum atomic E-state index is 9.20. The zero-order valence-corrected chi connectivity index (χ0v) is 10.7. The number of aryl methyl sites for hydroxylation is 1. The Bertz CT molecular complexity index is 496. The van der Waals surface area contributed by atoms with E-state index < -0.39 is 0 Å². The molecule has 96 valence electrons. The molecule has 0 amide bonds. The zero-order valence-electron chi connectivity index (χ0n) is 9.93. The number of aromatic nitrogens is 2. The average Bonchev–Trinajstić information content (AvgIpc) is 3.05. The van der Waals surface area contributed by atoms with Crippen LogP contribution in [0.1, 0.15) is 28.4 Å². The van der Waals surface area contributed by atoms with Gasteiger partial charge in [-0.3, -0.25) is 0 Å². The van der Waals surface area contributed by atoms with Crippen LogP contribution in [-0.2, 0) is 26.0 Å². The fraction of sp³-hybridized carbons (Fsp3) is 0.500. The lowest BCUT2D eigenvalue weighted by Gasteiger charge is -2.22. The Morgan fingerprint density at radius 1 is 1.56 bits per heavy atom. The van der Waals surface area contributed by atoms with Crippen molar-refractivity contribution in [3.05, 3.63) is 33.6 Å². The second kappa shape index (κ2) is 5.17. The van der Waals surface area contributed by atoms with Crippen molar-refractivity contribution in [2.24, 2.45) is 0 Å². The Kier molecular flexibility index (Phi) is 3.40. The highest BCUT2D eigenvalue weighted by Gasteiger charge is 2.25. The fourth-order valence-corrected chi connectivity index (χ4v) is 2.90. The van der Waals surface area contributed by atoms with E-state index in [9.17, 15) is 5.11 Å². The highest BCUT2D eigenvalue weighted by molar-refractivity contribution is 7.09. The summed E-state index contributed by atoms with van der Waals surface area (Å²) < 4.78 is 5.23. The molecule has 0 bridgehead atoms. The third kappa shape index (κ3) is 2.31.